The molecule has 3 aromatic heterocycles. The highest BCUT2D eigenvalue weighted by molar-refractivity contribution is 5.85. The summed E-state index contributed by atoms with van der Waals surface area (Å²) in [5.41, 5.74) is 5.61. The average molecular weight is 334 g/mol. The van der Waals surface area contributed by atoms with Gasteiger partial charge in [-0.05, 0) is 49.6 Å². The smallest absolute Gasteiger partial charge is 0.242 e. The minimum absolute atomic E-state index is 0.195. The van der Waals surface area contributed by atoms with Gasteiger partial charge >= 0.3 is 0 Å². The van der Waals surface area contributed by atoms with Crippen LogP contribution in [0, 0.1) is 13.8 Å². The topological polar surface area (TPSA) is 51.0 Å². The van der Waals surface area contributed by atoms with Gasteiger partial charge in [0, 0.05) is 49.2 Å². The van der Waals surface area contributed by atoms with Gasteiger partial charge in [-0.3, -0.25) is 14.8 Å². The number of pyridine rings is 2. The molecule has 1 aliphatic heterocycles. The number of rotatable bonds is 4. The van der Waals surface area contributed by atoms with Crippen molar-refractivity contribution >= 4 is 16.8 Å². The summed E-state index contributed by atoms with van der Waals surface area (Å²) in [6.45, 7) is 6.34. The molecule has 0 aromatic carbocycles. The van der Waals surface area contributed by atoms with Gasteiger partial charge in [0.15, 0.2) is 0 Å². The molecule has 4 heterocycles. The highest BCUT2D eigenvalue weighted by Crippen LogP contribution is 2.23. The normalized spacial score (nSPS) is 13.9. The number of likely N-dealkylation sites (tertiary alicyclic amines) is 1. The summed E-state index contributed by atoms with van der Waals surface area (Å²) in [6, 6.07) is 6.10. The Kier molecular flexibility index (Phi) is 3.99. The van der Waals surface area contributed by atoms with Crippen molar-refractivity contribution in [1.29, 1.82) is 0 Å². The standard InChI is InChI=1S/C20H22N4O/c1-14-4-7-21-15(2)17(14)12-18-16-6-11-24(19(16)5-8-22-18)13-20(25)23-9-3-10-23/h4-8,11H,3,9-10,12-13H2,1-2H3. The number of aromatic nitrogens is 3. The first-order chi connectivity index (χ1) is 12.1. The Morgan fingerprint density at radius 1 is 1.12 bits per heavy atom. The van der Waals surface area contributed by atoms with Gasteiger partial charge in [0.1, 0.15) is 6.54 Å². The molecular formula is C20H22N4O. The third kappa shape index (κ3) is 2.90. The van der Waals surface area contributed by atoms with E-state index in [2.05, 4.69) is 23.0 Å². The first-order valence-electron chi connectivity index (χ1n) is 8.75. The summed E-state index contributed by atoms with van der Waals surface area (Å²) in [7, 11) is 0. The monoisotopic (exact) mass is 334 g/mol. The van der Waals surface area contributed by atoms with Crippen molar-refractivity contribution in [2.24, 2.45) is 0 Å². The molecule has 25 heavy (non-hydrogen) atoms. The molecule has 0 radical (unpaired) electrons. The van der Waals surface area contributed by atoms with Crippen molar-refractivity contribution in [2.45, 2.75) is 33.2 Å². The van der Waals surface area contributed by atoms with E-state index in [0.717, 1.165) is 48.2 Å². The lowest BCUT2D eigenvalue weighted by Gasteiger charge is -2.31. The van der Waals surface area contributed by atoms with Crippen LogP contribution in [-0.4, -0.2) is 38.4 Å². The number of fused-ring (bicyclic) bond motifs is 1. The molecule has 0 N–H and O–H groups in total. The molecule has 0 unspecified atom stereocenters. The van der Waals surface area contributed by atoms with Crippen molar-refractivity contribution in [2.75, 3.05) is 13.1 Å². The summed E-state index contributed by atoms with van der Waals surface area (Å²) < 4.78 is 2.03. The quantitative estimate of drug-likeness (QED) is 0.737. The van der Waals surface area contributed by atoms with Crippen LogP contribution in [0.25, 0.3) is 10.9 Å². The van der Waals surface area contributed by atoms with Crippen LogP contribution in [0.3, 0.4) is 0 Å². The number of aryl methyl sites for hydroxylation is 2. The molecule has 0 atom stereocenters. The summed E-state index contributed by atoms with van der Waals surface area (Å²) >= 11 is 0. The Morgan fingerprint density at radius 3 is 2.64 bits per heavy atom. The largest absolute Gasteiger partial charge is 0.341 e. The molecule has 0 spiro atoms. The van der Waals surface area contributed by atoms with E-state index in [9.17, 15) is 4.79 Å². The Bertz CT molecular complexity index is 920. The summed E-state index contributed by atoms with van der Waals surface area (Å²) in [6.07, 6.45) is 7.56. The van der Waals surface area contributed by atoms with Crippen molar-refractivity contribution < 1.29 is 4.79 Å². The van der Waals surface area contributed by atoms with Gasteiger partial charge in [0.05, 0.1) is 11.2 Å². The van der Waals surface area contributed by atoms with Crippen molar-refractivity contribution in [3.05, 3.63) is 59.3 Å². The number of amides is 1. The van der Waals surface area contributed by atoms with Crippen LogP contribution < -0.4 is 0 Å². The van der Waals surface area contributed by atoms with E-state index in [1.165, 1.54) is 11.1 Å². The SMILES string of the molecule is Cc1ccnc(C)c1Cc1nccc2c1ccn2CC(=O)N1CCC1. The molecule has 128 valence electrons. The Hall–Kier alpha value is -2.69. The molecule has 0 aliphatic carbocycles. The summed E-state index contributed by atoms with van der Waals surface area (Å²) in [5.74, 6) is 0.195. The van der Waals surface area contributed by atoms with E-state index in [1.54, 1.807) is 0 Å². The molecule has 1 amide bonds. The Labute approximate surface area is 147 Å². The van der Waals surface area contributed by atoms with Crippen LogP contribution in [0.4, 0.5) is 0 Å². The van der Waals surface area contributed by atoms with Gasteiger partial charge in [-0.2, -0.15) is 0 Å². The third-order valence-corrected chi connectivity index (χ3v) is 5.14. The molecule has 1 fully saturated rings. The molecule has 4 rings (SSSR count). The minimum Gasteiger partial charge on any atom is -0.341 e. The summed E-state index contributed by atoms with van der Waals surface area (Å²) in [5, 5.41) is 1.11. The van der Waals surface area contributed by atoms with E-state index in [1.807, 2.05) is 47.1 Å². The zero-order chi connectivity index (χ0) is 17.4. The second kappa shape index (κ2) is 6.31. The molecular weight excluding hydrogens is 312 g/mol. The number of nitrogens with zero attached hydrogens (tertiary/aromatic N) is 4. The summed E-state index contributed by atoms with van der Waals surface area (Å²) in [4.78, 5) is 23.2. The first kappa shape index (κ1) is 15.8. The molecule has 0 saturated carbocycles. The maximum absolute atomic E-state index is 12.3. The fraction of sp³-hybridized carbons (Fsp3) is 0.350. The van der Waals surface area contributed by atoms with Crippen LogP contribution in [0.1, 0.15) is 28.9 Å². The van der Waals surface area contributed by atoms with Crippen LogP contribution >= 0.6 is 0 Å². The maximum atomic E-state index is 12.3. The number of hydrogen-bond acceptors (Lipinski definition) is 3. The van der Waals surface area contributed by atoms with E-state index in [-0.39, 0.29) is 5.91 Å². The zero-order valence-corrected chi connectivity index (χ0v) is 14.7. The van der Waals surface area contributed by atoms with Crippen LogP contribution in [0.2, 0.25) is 0 Å². The van der Waals surface area contributed by atoms with Gasteiger partial charge in [0.25, 0.3) is 0 Å². The van der Waals surface area contributed by atoms with Crippen LogP contribution in [-0.2, 0) is 17.8 Å². The predicted octanol–water partition coefficient (Wildman–Crippen LogP) is 2.87. The van der Waals surface area contributed by atoms with Crippen molar-refractivity contribution in [1.82, 2.24) is 19.4 Å². The fourth-order valence-electron chi connectivity index (χ4n) is 3.43. The van der Waals surface area contributed by atoms with E-state index >= 15 is 0 Å². The second-order valence-corrected chi connectivity index (χ2v) is 6.74. The second-order valence-electron chi connectivity index (χ2n) is 6.74. The highest BCUT2D eigenvalue weighted by Gasteiger charge is 2.21. The predicted molar refractivity (Wildman–Crippen MR) is 97.4 cm³/mol. The highest BCUT2D eigenvalue weighted by atomic mass is 16.2. The van der Waals surface area contributed by atoms with E-state index < -0.39 is 0 Å². The molecule has 5 heteroatoms. The minimum atomic E-state index is 0.195. The first-order valence-corrected chi connectivity index (χ1v) is 8.75. The molecule has 1 saturated heterocycles. The fourth-order valence-corrected chi connectivity index (χ4v) is 3.43. The third-order valence-electron chi connectivity index (χ3n) is 5.14. The van der Waals surface area contributed by atoms with Gasteiger partial charge in [0.2, 0.25) is 5.91 Å². The van der Waals surface area contributed by atoms with Crippen LogP contribution in [0.5, 0.6) is 0 Å². The number of carbonyl (C=O) groups is 1. The van der Waals surface area contributed by atoms with Crippen molar-refractivity contribution in [3.63, 3.8) is 0 Å². The van der Waals surface area contributed by atoms with Gasteiger partial charge in [-0.15, -0.1) is 0 Å². The Morgan fingerprint density at radius 2 is 1.92 bits per heavy atom. The van der Waals surface area contributed by atoms with E-state index in [0.29, 0.717) is 6.54 Å². The molecule has 0 bridgehead atoms. The van der Waals surface area contributed by atoms with Crippen molar-refractivity contribution in [3.8, 4) is 0 Å². The lowest BCUT2D eigenvalue weighted by atomic mass is 10.0. The lowest BCUT2D eigenvalue weighted by Crippen LogP contribution is -2.43. The maximum Gasteiger partial charge on any atom is 0.242 e. The number of hydrogen-bond donors (Lipinski definition) is 0. The van der Waals surface area contributed by atoms with Gasteiger partial charge in [-0.1, -0.05) is 0 Å². The zero-order valence-electron chi connectivity index (χ0n) is 14.7. The molecule has 5 nitrogen and oxygen atoms in total. The molecule has 3 aromatic rings. The average Bonchev–Trinajstić information content (AvgIpc) is 2.93. The van der Waals surface area contributed by atoms with Gasteiger partial charge in [-0.25, -0.2) is 0 Å². The Balaban J connectivity index is 1.66. The molecule has 1 aliphatic rings. The van der Waals surface area contributed by atoms with E-state index in [4.69, 9.17) is 0 Å². The number of carbonyl (C=O) groups excluding carboxylic acids is 1. The van der Waals surface area contributed by atoms with Gasteiger partial charge < -0.3 is 9.47 Å². The van der Waals surface area contributed by atoms with Crippen LogP contribution in [0.15, 0.2) is 36.8 Å². The lowest BCUT2D eigenvalue weighted by molar-refractivity contribution is -0.135.